The van der Waals surface area contributed by atoms with E-state index >= 15 is 0 Å². The first kappa shape index (κ1) is 23.3. The number of amides is 1. The normalized spacial score (nSPS) is 10.7. The zero-order valence-corrected chi connectivity index (χ0v) is 19.5. The number of carbonyl (C=O) groups excluding carboxylic acids is 2. The standard InChI is InChI=1S/C26H24BrNO4/c1-3-31-25-16-19(6-14-23(29)20-8-10-21(27)11-9-20)7-15-24(25)32-17-26(30)28-22-12-4-18(2)5-13-22/h4-16H,3,17H2,1-2H3,(H,28,30)/b14-6+. The van der Waals surface area contributed by atoms with Crippen LogP contribution < -0.4 is 14.8 Å². The minimum atomic E-state index is -0.264. The van der Waals surface area contributed by atoms with Crippen molar-refractivity contribution >= 4 is 39.4 Å². The van der Waals surface area contributed by atoms with E-state index in [-0.39, 0.29) is 18.3 Å². The summed E-state index contributed by atoms with van der Waals surface area (Å²) in [6.45, 7) is 4.15. The number of carbonyl (C=O) groups is 2. The Bertz CT molecular complexity index is 1110. The summed E-state index contributed by atoms with van der Waals surface area (Å²) < 4.78 is 12.3. The second kappa shape index (κ2) is 11.3. The van der Waals surface area contributed by atoms with Crippen LogP contribution in [0.25, 0.3) is 6.08 Å². The van der Waals surface area contributed by atoms with Gasteiger partial charge in [-0.05, 0) is 74.0 Å². The SMILES string of the molecule is CCOc1cc(/C=C/C(=O)c2ccc(Br)cc2)ccc1OCC(=O)Nc1ccc(C)cc1. The molecule has 32 heavy (non-hydrogen) atoms. The number of allylic oxidation sites excluding steroid dienone is 1. The third-order valence-corrected chi connectivity index (χ3v) is 5.05. The van der Waals surface area contributed by atoms with Crippen LogP contribution in [0, 0.1) is 6.92 Å². The molecule has 0 aliphatic rings. The highest BCUT2D eigenvalue weighted by Crippen LogP contribution is 2.29. The summed E-state index contributed by atoms with van der Waals surface area (Å²) in [5, 5.41) is 2.80. The van der Waals surface area contributed by atoms with E-state index in [1.807, 2.05) is 50.2 Å². The van der Waals surface area contributed by atoms with Crippen molar-refractivity contribution < 1.29 is 19.1 Å². The zero-order chi connectivity index (χ0) is 22.9. The van der Waals surface area contributed by atoms with Crippen molar-refractivity contribution in [2.75, 3.05) is 18.5 Å². The first-order chi connectivity index (χ1) is 15.4. The van der Waals surface area contributed by atoms with Gasteiger partial charge in [-0.1, -0.05) is 45.8 Å². The number of hydrogen-bond acceptors (Lipinski definition) is 4. The van der Waals surface area contributed by atoms with Crippen molar-refractivity contribution in [2.24, 2.45) is 0 Å². The molecule has 0 aromatic heterocycles. The lowest BCUT2D eigenvalue weighted by molar-refractivity contribution is -0.118. The molecular formula is C26H24BrNO4. The molecule has 6 heteroatoms. The molecule has 3 aromatic carbocycles. The summed E-state index contributed by atoms with van der Waals surface area (Å²) in [5.41, 5.74) is 3.22. The predicted octanol–water partition coefficient (Wildman–Crippen LogP) is 6.07. The van der Waals surface area contributed by atoms with E-state index in [0.717, 1.165) is 15.6 Å². The van der Waals surface area contributed by atoms with E-state index in [9.17, 15) is 9.59 Å². The van der Waals surface area contributed by atoms with E-state index in [0.29, 0.717) is 29.4 Å². The van der Waals surface area contributed by atoms with Crippen LogP contribution in [0.1, 0.15) is 28.4 Å². The minimum Gasteiger partial charge on any atom is -0.490 e. The molecule has 0 bridgehead atoms. The number of nitrogens with one attached hydrogen (secondary N) is 1. The number of aryl methyl sites for hydroxylation is 1. The Hall–Kier alpha value is -3.38. The molecule has 164 valence electrons. The molecule has 0 saturated heterocycles. The van der Waals surface area contributed by atoms with E-state index < -0.39 is 0 Å². The quantitative estimate of drug-likeness (QED) is 0.290. The molecule has 0 aliphatic heterocycles. The number of benzene rings is 3. The topological polar surface area (TPSA) is 64.6 Å². The van der Waals surface area contributed by atoms with Crippen LogP contribution in [0.4, 0.5) is 5.69 Å². The number of ketones is 1. The molecule has 0 radical (unpaired) electrons. The van der Waals surface area contributed by atoms with Gasteiger partial charge in [-0.3, -0.25) is 9.59 Å². The lowest BCUT2D eigenvalue weighted by Gasteiger charge is -2.13. The van der Waals surface area contributed by atoms with Crippen LogP contribution >= 0.6 is 15.9 Å². The molecule has 1 amide bonds. The first-order valence-corrected chi connectivity index (χ1v) is 11.0. The molecule has 0 fully saturated rings. The second-order valence-corrected chi connectivity index (χ2v) is 7.96. The minimum absolute atomic E-state index is 0.0939. The Labute approximate surface area is 196 Å². The molecular weight excluding hydrogens is 470 g/mol. The summed E-state index contributed by atoms with van der Waals surface area (Å²) in [7, 11) is 0. The maximum atomic E-state index is 12.4. The number of hydrogen-bond donors (Lipinski definition) is 1. The highest BCUT2D eigenvalue weighted by atomic mass is 79.9. The van der Waals surface area contributed by atoms with Gasteiger partial charge in [0, 0.05) is 15.7 Å². The number of ether oxygens (including phenoxy) is 2. The number of anilines is 1. The molecule has 5 nitrogen and oxygen atoms in total. The summed E-state index contributed by atoms with van der Waals surface area (Å²) in [5.74, 6) is 0.611. The van der Waals surface area contributed by atoms with Gasteiger partial charge < -0.3 is 14.8 Å². The smallest absolute Gasteiger partial charge is 0.262 e. The van der Waals surface area contributed by atoms with Gasteiger partial charge in [0.1, 0.15) is 0 Å². The van der Waals surface area contributed by atoms with E-state index in [1.54, 1.807) is 36.4 Å². The number of halogens is 1. The molecule has 1 N–H and O–H groups in total. The Kier molecular flexibility index (Phi) is 8.22. The predicted molar refractivity (Wildman–Crippen MR) is 130 cm³/mol. The summed E-state index contributed by atoms with van der Waals surface area (Å²) in [6.07, 6.45) is 3.24. The van der Waals surface area contributed by atoms with Crippen LogP contribution in [-0.4, -0.2) is 24.9 Å². The molecule has 3 aromatic rings. The van der Waals surface area contributed by atoms with Gasteiger partial charge in [-0.15, -0.1) is 0 Å². The third kappa shape index (κ3) is 6.82. The van der Waals surface area contributed by atoms with Crippen LogP contribution in [-0.2, 0) is 4.79 Å². The zero-order valence-electron chi connectivity index (χ0n) is 17.9. The monoisotopic (exact) mass is 493 g/mol. The van der Waals surface area contributed by atoms with Crippen molar-refractivity contribution in [3.05, 3.63) is 94.0 Å². The molecule has 0 heterocycles. The van der Waals surface area contributed by atoms with Gasteiger partial charge in [0.2, 0.25) is 0 Å². The summed E-state index contributed by atoms with van der Waals surface area (Å²) >= 11 is 3.36. The van der Waals surface area contributed by atoms with Crippen LogP contribution in [0.15, 0.2) is 77.3 Å². The van der Waals surface area contributed by atoms with Gasteiger partial charge >= 0.3 is 0 Å². The molecule has 3 rings (SSSR count). The fourth-order valence-corrected chi connectivity index (χ4v) is 3.14. The van der Waals surface area contributed by atoms with Crippen molar-refractivity contribution in [1.29, 1.82) is 0 Å². The Morgan fingerprint density at radius 1 is 0.938 bits per heavy atom. The largest absolute Gasteiger partial charge is 0.490 e. The fourth-order valence-electron chi connectivity index (χ4n) is 2.88. The highest BCUT2D eigenvalue weighted by molar-refractivity contribution is 9.10. The highest BCUT2D eigenvalue weighted by Gasteiger charge is 2.10. The molecule has 0 spiro atoms. The molecule has 0 atom stereocenters. The van der Waals surface area contributed by atoms with Gasteiger partial charge in [-0.25, -0.2) is 0 Å². The lowest BCUT2D eigenvalue weighted by Crippen LogP contribution is -2.20. The van der Waals surface area contributed by atoms with Crippen LogP contribution in [0.5, 0.6) is 11.5 Å². The summed E-state index contributed by atoms with van der Waals surface area (Å²) in [4.78, 5) is 24.6. The lowest BCUT2D eigenvalue weighted by atomic mass is 10.1. The van der Waals surface area contributed by atoms with Gasteiger partial charge in [-0.2, -0.15) is 0 Å². The average molecular weight is 494 g/mol. The van der Waals surface area contributed by atoms with Crippen LogP contribution in [0.2, 0.25) is 0 Å². The molecule has 0 aliphatic carbocycles. The van der Waals surface area contributed by atoms with Gasteiger partial charge in [0.25, 0.3) is 5.91 Å². The van der Waals surface area contributed by atoms with Crippen LogP contribution in [0.3, 0.4) is 0 Å². The first-order valence-electron chi connectivity index (χ1n) is 10.2. The van der Waals surface area contributed by atoms with Crippen molar-refractivity contribution in [2.45, 2.75) is 13.8 Å². The average Bonchev–Trinajstić information content (AvgIpc) is 2.79. The van der Waals surface area contributed by atoms with E-state index in [2.05, 4.69) is 21.2 Å². The van der Waals surface area contributed by atoms with Gasteiger partial charge in [0.05, 0.1) is 6.61 Å². The molecule has 0 saturated carbocycles. The Morgan fingerprint density at radius 2 is 1.66 bits per heavy atom. The van der Waals surface area contributed by atoms with Gasteiger partial charge in [0.15, 0.2) is 23.9 Å². The Morgan fingerprint density at radius 3 is 2.34 bits per heavy atom. The van der Waals surface area contributed by atoms with E-state index in [1.165, 1.54) is 6.08 Å². The van der Waals surface area contributed by atoms with Crippen molar-refractivity contribution in [3.8, 4) is 11.5 Å². The summed E-state index contributed by atoms with van der Waals surface area (Å²) in [6, 6.07) is 20.0. The third-order valence-electron chi connectivity index (χ3n) is 4.52. The fraction of sp³-hybridized carbons (Fsp3) is 0.154. The number of rotatable bonds is 9. The molecule has 0 unspecified atom stereocenters. The maximum absolute atomic E-state index is 12.4. The van der Waals surface area contributed by atoms with E-state index in [4.69, 9.17) is 9.47 Å². The van der Waals surface area contributed by atoms with Crippen molar-refractivity contribution in [1.82, 2.24) is 0 Å². The second-order valence-electron chi connectivity index (χ2n) is 7.05. The Balaban J connectivity index is 1.64. The maximum Gasteiger partial charge on any atom is 0.262 e. The van der Waals surface area contributed by atoms with Crippen molar-refractivity contribution in [3.63, 3.8) is 0 Å².